The van der Waals surface area contributed by atoms with Crippen LogP contribution >= 0.6 is 0 Å². The third-order valence-corrected chi connectivity index (χ3v) is 3.58. The van der Waals surface area contributed by atoms with Gasteiger partial charge in [0.15, 0.2) is 0 Å². The third kappa shape index (κ3) is 6.77. The Bertz CT molecular complexity index is 529. The first-order valence-corrected chi connectivity index (χ1v) is 9.00. The van der Waals surface area contributed by atoms with Gasteiger partial charge in [0, 0.05) is 12.2 Å². The molecule has 0 bridgehead atoms. The highest BCUT2D eigenvalue weighted by Crippen LogP contribution is 2.21. The fourth-order valence-electron chi connectivity index (χ4n) is 2.42. The summed E-state index contributed by atoms with van der Waals surface area (Å²) in [6, 6.07) is 6.67. The van der Waals surface area contributed by atoms with Gasteiger partial charge in [0.05, 0.1) is 12.2 Å². The fraction of sp³-hybridized carbons (Fsp3) is 0.600. The van der Waals surface area contributed by atoms with Crippen LogP contribution in [0, 0.1) is 6.92 Å². The highest BCUT2D eigenvalue weighted by Gasteiger charge is 2.37. The Morgan fingerprint density at radius 1 is 0.960 bits per heavy atom. The lowest BCUT2D eigenvalue weighted by atomic mass is 10.1. The Balaban J connectivity index is 3.22. The molecule has 25 heavy (non-hydrogen) atoms. The second-order valence-corrected chi connectivity index (χ2v) is 6.76. The zero-order chi connectivity index (χ0) is 19.0. The second-order valence-electron chi connectivity index (χ2n) is 6.76. The van der Waals surface area contributed by atoms with Crippen molar-refractivity contribution in [3.63, 3.8) is 0 Å². The standard InChI is InChI=1S/C20H31NO4/c1-7-8-13-21(17-11-9-16(6)10-12-17)18(19(22)24-14(2)3)20(23)25-15(4)5/h9-12,14-15,18H,7-8,13H2,1-6H3. The van der Waals surface area contributed by atoms with Crippen molar-refractivity contribution >= 4 is 17.6 Å². The van der Waals surface area contributed by atoms with Gasteiger partial charge in [-0.3, -0.25) is 0 Å². The largest absolute Gasteiger partial charge is 0.461 e. The van der Waals surface area contributed by atoms with E-state index in [0.717, 1.165) is 24.1 Å². The van der Waals surface area contributed by atoms with Crippen LogP contribution < -0.4 is 4.90 Å². The number of hydrogen-bond donors (Lipinski definition) is 0. The number of aryl methyl sites for hydroxylation is 1. The van der Waals surface area contributed by atoms with Gasteiger partial charge in [-0.15, -0.1) is 0 Å². The monoisotopic (exact) mass is 349 g/mol. The number of ether oxygens (including phenoxy) is 2. The van der Waals surface area contributed by atoms with Crippen LogP contribution in [0.5, 0.6) is 0 Å². The molecule has 1 aromatic rings. The summed E-state index contributed by atoms with van der Waals surface area (Å²) < 4.78 is 10.7. The number of benzene rings is 1. The van der Waals surface area contributed by atoms with Crippen LogP contribution in [0.4, 0.5) is 5.69 Å². The third-order valence-electron chi connectivity index (χ3n) is 3.58. The average Bonchev–Trinajstić information content (AvgIpc) is 2.50. The van der Waals surface area contributed by atoms with Crippen LogP contribution in [0.2, 0.25) is 0 Å². The molecule has 1 aromatic carbocycles. The lowest BCUT2D eigenvalue weighted by Gasteiger charge is -2.31. The summed E-state index contributed by atoms with van der Waals surface area (Å²) in [6.45, 7) is 11.7. The lowest BCUT2D eigenvalue weighted by Crippen LogP contribution is -2.50. The zero-order valence-corrected chi connectivity index (χ0v) is 16.2. The molecule has 0 N–H and O–H groups in total. The Morgan fingerprint density at radius 3 is 1.84 bits per heavy atom. The van der Waals surface area contributed by atoms with Crippen molar-refractivity contribution in [2.24, 2.45) is 0 Å². The van der Waals surface area contributed by atoms with E-state index in [1.54, 1.807) is 32.6 Å². The summed E-state index contributed by atoms with van der Waals surface area (Å²) in [6.07, 6.45) is 1.21. The molecule has 0 saturated carbocycles. The number of nitrogens with zero attached hydrogens (tertiary/aromatic N) is 1. The molecule has 0 heterocycles. The van der Waals surface area contributed by atoms with E-state index in [1.807, 2.05) is 31.2 Å². The molecule has 0 unspecified atom stereocenters. The van der Waals surface area contributed by atoms with Gasteiger partial charge in [0.25, 0.3) is 0 Å². The lowest BCUT2D eigenvalue weighted by molar-refractivity contribution is -0.161. The summed E-state index contributed by atoms with van der Waals surface area (Å²) in [5, 5.41) is 0. The van der Waals surface area contributed by atoms with E-state index in [-0.39, 0.29) is 12.2 Å². The molecular weight excluding hydrogens is 318 g/mol. The number of hydrogen-bond acceptors (Lipinski definition) is 5. The topological polar surface area (TPSA) is 55.8 Å². The van der Waals surface area contributed by atoms with Crippen LogP contribution in [0.15, 0.2) is 24.3 Å². The van der Waals surface area contributed by atoms with Gasteiger partial charge in [0.2, 0.25) is 6.04 Å². The van der Waals surface area contributed by atoms with Crippen molar-refractivity contribution in [3.8, 4) is 0 Å². The SMILES string of the molecule is CCCCN(c1ccc(C)cc1)C(C(=O)OC(C)C)C(=O)OC(C)C. The van der Waals surface area contributed by atoms with Crippen LogP contribution in [-0.2, 0) is 19.1 Å². The molecule has 0 aromatic heterocycles. The zero-order valence-electron chi connectivity index (χ0n) is 16.2. The van der Waals surface area contributed by atoms with Crippen LogP contribution in [0.25, 0.3) is 0 Å². The van der Waals surface area contributed by atoms with Crippen molar-refractivity contribution in [2.45, 2.75) is 72.6 Å². The molecule has 0 aliphatic rings. The van der Waals surface area contributed by atoms with Crippen molar-refractivity contribution in [1.29, 1.82) is 0 Å². The molecule has 0 fully saturated rings. The minimum atomic E-state index is -1.10. The van der Waals surface area contributed by atoms with E-state index in [9.17, 15) is 9.59 Å². The second kappa shape index (κ2) is 10.1. The Morgan fingerprint density at radius 2 is 1.44 bits per heavy atom. The summed E-state index contributed by atoms with van der Waals surface area (Å²) in [4.78, 5) is 27.1. The number of anilines is 1. The molecule has 0 spiro atoms. The summed E-state index contributed by atoms with van der Waals surface area (Å²) in [5.74, 6) is -1.14. The fourth-order valence-corrected chi connectivity index (χ4v) is 2.42. The van der Waals surface area contributed by atoms with E-state index in [1.165, 1.54) is 0 Å². The van der Waals surface area contributed by atoms with E-state index in [4.69, 9.17) is 9.47 Å². The van der Waals surface area contributed by atoms with Gasteiger partial charge in [-0.05, 0) is 53.2 Å². The van der Waals surface area contributed by atoms with E-state index in [0.29, 0.717) is 6.54 Å². The normalized spacial score (nSPS) is 11.1. The van der Waals surface area contributed by atoms with Gasteiger partial charge in [0.1, 0.15) is 0 Å². The molecule has 0 saturated heterocycles. The summed E-state index contributed by atoms with van der Waals surface area (Å²) in [5.41, 5.74) is 1.93. The number of unbranched alkanes of at least 4 members (excludes halogenated alkanes) is 1. The van der Waals surface area contributed by atoms with E-state index in [2.05, 4.69) is 6.92 Å². The average molecular weight is 349 g/mol. The Labute approximate surface area is 151 Å². The van der Waals surface area contributed by atoms with Gasteiger partial charge in [-0.2, -0.15) is 0 Å². The van der Waals surface area contributed by atoms with Crippen LogP contribution in [0.3, 0.4) is 0 Å². The molecule has 0 radical (unpaired) electrons. The Hall–Kier alpha value is -2.04. The highest BCUT2D eigenvalue weighted by atomic mass is 16.6. The number of rotatable bonds is 9. The summed E-state index contributed by atoms with van der Waals surface area (Å²) in [7, 11) is 0. The van der Waals surface area contributed by atoms with Gasteiger partial charge < -0.3 is 14.4 Å². The molecule has 5 heteroatoms. The molecule has 5 nitrogen and oxygen atoms in total. The van der Waals surface area contributed by atoms with Crippen LogP contribution in [-0.4, -0.2) is 36.7 Å². The van der Waals surface area contributed by atoms with E-state index < -0.39 is 18.0 Å². The number of carbonyl (C=O) groups excluding carboxylic acids is 2. The van der Waals surface area contributed by atoms with Gasteiger partial charge in [-0.25, -0.2) is 9.59 Å². The molecule has 0 aliphatic heterocycles. The van der Waals surface area contributed by atoms with E-state index >= 15 is 0 Å². The highest BCUT2D eigenvalue weighted by molar-refractivity contribution is 6.02. The van der Waals surface area contributed by atoms with Crippen molar-refractivity contribution in [3.05, 3.63) is 29.8 Å². The molecular formula is C20H31NO4. The number of esters is 2. The minimum absolute atomic E-state index is 0.298. The molecule has 0 amide bonds. The smallest absolute Gasteiger partial charge is 0.340 e. The van der Waals surface area contributed by atoms with Crippen molar-refractivity contribution in [2.75, 3.05) is 11.4 Å². The first kappa shape index (κ1) is 21.0. The first-order valence-electron chi connectivity index (χ1n) is 9.00. The summed E-state index contributed by atoms with van der Waals surface area (Å²) >= 11 is 0. The molecule has 0 atom stereocenters. The first-order chi connectivity index (χ1) is 11.8. The minimum Gasteiger partial charge on any atom is -0.461 e. The van der Waals surface area contributed by atoms with Crippen molar-refractivity contribution in [1.82, 2.24) is 0 Å². The quantitative estimate of drug-likeness (QED) is 0.500. The maximum atomic E-state index is 12.7. The Kier molecular flexibility index (Phi) is 8.46. The van der Waals surface area contributed by atoms with Crippen molar-refractivity contribution < 1.29 is 19.1 Å². The predicted molar refractivity (Wildman–Crippen MR) is 99.7 cm³/mol. The molecule has 0 aliphatic carbocycles. The molecule has 1 rings (SSSR count). The van der Waals surface area contributed by atoms with Gasteiger partial charge >= 0.3 is 11.9 Å². The molecule has 140 valence electrons. The maximum absolute atomic E-state index is 12.7. The predicted octanol–water partition coefficient (Wildman–Crippen LogP) is 3.87. The maximum Gasteiger partial charge on any atom is 0.340 e. The van der Waals surface area contributed by atoms with Crippen LogP contribution in [0.1, 0.15) is 53.0 Å². The van der Waals surface area contributed by atoms with Gasteiger partial charge in [-0.1, -0.05) is 31.0 Å². The number of carbonyl (C=O) groups is 2.